The topological polar surface area (TPSA) is 136 Å². The van der Waals surface area contributed by atoms with Crippen molar-refractivity contribution in [1.29, 1.82) is 0 Å². The van der Waals surface area contributed by atoms with E-state index in [0.29, 0.717) is 25.0 Å². The van der Waals surface area contributed by atoms with Crippen molar-refractivity contribution in [3.8, 4) is 5.88 Å². The van der Waals surface area contributed by atoms with Crippen molar-refractivity contribution in [1.82, 2.24) is 20.3 Å². The number of carboxylic acids is 1. The summed E-state index contributed by atoms with van der Waals surface area (Å²) in [6, 6.07) is 3.17. The molecule has 36 heavy (non-hydrogen) atoms. The van der Waals surface area contributed by atoms with Crippen LogP contribution in [0, 0.1) is 0 Å². The molecular weight excluding hydrogens is 486 g/mol. The van der Waals surface area contributed by atoms with Crippen LogP contribution >= 0.6 is 11.6 Å². The lowest BCUT2D eigenvalue weighted by Gasteiger charge is -2.21. The molecule has 0 saturated heterocycles. The minimum Gasteiger partial charge on any atom is -0.481 e. The summed E-state index contributed by atoms with van der Waals surface area (Å²) in [7, 11) is 1.44. The van der Waals surface area contributed by atoms with Crippen molar-refractivity contribution in [2.45, 2.75) is 62.8 Å². The maximum Gasteiger partial charge on any atom is 0.326 e. The number of hydrogen-bond acceptors (Lipinski definition) is 8. The van der Waals surface area contributed by atoms with Gasteiger partial charge in [0.15, 0.2) is 0 Å². The number of carbonyl (C=O) groups is 2. The van der Waals surface area contributed by atoms with Gasteiger partial charge in [0.05, 0.1) is 18.1 Å². The first kappa shape index (κ1) is 26.1. The van der Waals surface area contributed by atoms with Gasteiger partial charge < -0.3 is 25.2 Å². The number of aryl methyl sites for hydroxylation is 2. The molecule has 2 aromatic heterocycles. The van der Waals surface area contributed by atoms with Gasteiger partial charge in [-0.1, -0.05) is 17.7 Å². The van der Waals surface area contributed by atoms with E-state index in [9.17, 15) is 14.7 Å². The Morgan fingerprint density at radius 1 is 1.25 bits per heavy atom. The third-order valence-electron chi connectivity index (χ3n) is 6.70. The molecule has 194 valence electrons. The molecule has 1 aliphatic heterocycles. The predicted octanol–water partition coefficient (Wildman–Crippen LogP) is 2.92. The number of carbonyl (C=O) groups excluding carboxylic acids is 1. The molecule has 2 aromatic rings. The summed E-state index contributed by atoms with van der Waals surface area (Å²) in [6.07, 6.45) is 7.29. The molecule has 3 heterocycles. The maximum absolute atomic E-state index is 13.1. The van der Waals surface area contributed by atoms with Gasteiger partial charge in [-0.3, -0.25) is 4.79 Å². The van der Waals surface area contributed by atoms with Crippen LogP contribution in [0.15, 0.2) is 18.5 Å². The van der Waals surface area contributed by atoms with Crippen molar-refractivity contribution in [2.24, 2.45) is 0 Å². The van der Waals surface area contributed by atoms with Crippen molar-refractivity contribution in [3.63, 3.8) is 0 Å². The number of nitrogens with zero attached hydrogens (tertiary/aromatic N) is 3. The van der Waals surface area contributed by atoms with Gasteiger partial charge in [-0.05, 0) is 56.6 Å². The highest BCUT2D eigenvalue weighted by molar-refractivity contribution is 6.30. The van der Waals surface area contributed by atoms with Crippen LogP contribution in [-0.2, 0) is 32.6 Å². The van der Waals surface area contributed by atoms with Gasteiger partial charge in [-0.2, -0.15) is 0 Å². The maximum atomic E-state index is 13.1. The summed E-state index contributed by atoms with van der Waals surface area (Å²) in [5, 5.41) is 15.8. The van der Waals surface area contributed by atoms with Gasteiger partial charge in [0.25, 0.3) is 0 Å². The van der Waals surface area contributed by atoms with Crippen molar-refractivity contribution in [3.05, 3.63) is 40.4 Å². The van der Waals surface area contributed by atoms with Gasteiger partial charge in [-0.15, -0.1) is 0 Å². The number of halogens is 1. The van der Waals surface area contributed by atoms with E-state index in [4.69, 9.17) is 26.1 Å². The highest BCUT2D eigenvalue weighted by atomic mass is 35.5. The van der Waals surface area contributed by atoms with E-state index < -0.39 is 23.3 Å². The molecule has 1 fully saturated rings. The first-order valence-corrected chi connectivity index (χ1v) is 12.7. The molecule has 0 aromatic carbocycles. The van der Waals surface area contributed by atoms with Crippen LogP contribution in [0.25, 0.3) is 0 Å². The van der Waals surface area contributed by atoms with E-state index in [1.165, 1.54) is 19.0 Å². The van der Waals surface area contributed by atoms with E-state index in [1.807, 2.05) is 0 Å². The van der Waals surface area contributed by atoms with Crippen LogP contribution in [-0.4, -0.2) is 64.8 Å². The molecule has 1 amide bonds. The molecule has 2 aliphatic rings. The fourth-order valence-corrected chi connectivity index (χ4v) is 4.80. The van der Waals surface area contributed by atoms with Gasteiger partial charge in [0.2, 0.25) is 11.8 Å². The van der Waals surface area contributed by atoms with Crippen molar-refractivity contribution in [2.75, 3.05) is 32.2 Å². The second-order valence-corrected chi connectivity index (χ2v) is 9.55. The molecule has 1 saturated carbocycles. The fourth-order valence-electron chi connectivity index (χ4n) is 4.50. The largest absolute Gasteiger partial charge is 0.481 e. The van der Waals surface area contributed by atoms with E-state index in [2.05, 4.69) is 32.7 Å². The number of amides is 1. The summed E-state index contributed by atoms with van der Waals surface area (Å²) in [5.74, 6) is -0.306. The van der Waals surface area contributed by atoms with Crippen LogP contribution in [0.5, 0.6) is 5.88 Å². The number of aliphatic carboxylic acids is 1. The number of unbranched alkanes of at least 4 members (excludes halogenated alkanes) is 1. The SMILES string of the molecule is COc1ncnc(Cl)c1C1(C(=O)N[C@@H](CCOCCCCc2ccc3c(n2)NCCC3)C(=O)O)CC1. The first-order chi connectivity index (χ1) is 17.4. The van der Waals surface area contributed by atoms with Crippen LogP contribution in [0.1, 0.15) is 55.3 Å². The summed E-state index contributed by atoms with van der Waals surface area (Å²) < 4.78 is 10.9. The van der Waals surface area contributed by atoms with Crippen LogP contribution in [0.4, 0.5) is 5.82 Å². The third kappa shape index (κ3) is 6.04. The number of methoxy groups -OCH3 is 1. The molecule has 1 atom stereocenters. The zero-order chi connectivity index (χ0) is 25.5. The Bertz CT molecular complexity index is 1090. The lowest BCUT2D eigenvalue weighted by Crippen LogP contribution is -2.46. The number of carboxylic acid groups (broad SMARTS) is 1. The zero-order valence-corrected chi connectivity index (χ0v) is 21.1. The Balaban J connectivity index is 1.20. The molecule has 0 bridgehead atoms. The lowest BCUT2D eigenvalue weighted by atomic mass is 9.96. The Morgan fingerprint density at radius 2 is 2.08 bits per heavy atom. The van der Waals surface area contributed by atoms with E-state index in [1.54, 1.807) is 0 Å². The number of hydrogen-bond donors (Lipinski definition) is 3. The molecule has 0 spiro atoms. The molecular formula is C25H32ClN5O5. The molecule has 10 nitrogen and oxygen atoms in total. The van der Waals surface area contributed by atoms with Crippen LogP contribution in [0.2, 0.25) is 5.15 Å². The number of aromatic nitrogens is 3. The summed E-state index contributed by atoms with van der Waals surface area (Å²) in [6.45, 7) is 1.71. The second kappa shape index (κ2) is 11.8. The fraction of sp³-hybridized carbons (Fsp3) is 0.560. The van der Waals surface area contributed by atoms with Gasteiger partial charge in [0, 0.05) is 31.9 Å². The van der Waals surface area contributed by atoms with E-state index in [0.717, 1.165) is 50.2 Å². The lowest BCUT2D eigenvalue weighted by molar-refractivity contribution is -0.142. The second-order valence-electron chi connectivity index (χ2n) is 9.19. The molecule has 0 radical (unpaired) electrons. The summed E-state index contributed by atoms with van der Waals surface area (Å²) in [4.78, 5) is 37.5. The molecule has 1 aliphatic carbocycles. The number of rotatable bonds is 13. The summed E-state index contributed by atoms with van der Waals surface area (Å²) in [5.41, 5.74) is 1.77. The smallest absolute Gasteiger partial charge is 0.326 e. The zero-order valence-electron chi connectivity index (χ0n) is 20.4. The Kier molecular flexibility index (Phi) is 8.58. The average molecular weight is 518 g/mol. The monoisotopic (exact) mass is 517 g/mol. The number of fused-ring (bicyclic) bond motifs is 1. The molecule has 4 rings (SSSR count). The minimum absolute atomic E-state index is 0.131. The van der Waals surface area contributed by atoms with Crippen LogP contribution in [0.3, 0.4) is 0 Å². The highest BCUT2D eigenvalue weighted by Crippen LogP contribution is 2.53. The molecule has 11 heteroatoms. The molecule has 0 unspecified atom stereocenters. The molecule has 3 N–H and O–H groups in total. The number of ether oxygens (including phenoxy) is 2. The Labute approximate surface area is 215 Å². The van der Waals surface area contributed by atoms with E-state index >= 15 is 0 Å². The van der Waals surface area contributed by atoms with Crippen molar-refractivity contribution < 1.29 is 24.2 Å². The highest BCUT2D eigenvalue weighted by Gasteiger charge is 2.55. The van der Waals surface area contributed by atoms with Gasteiger partial charge >= 0.3 is 5.97 Å². The average Bonchev–Trinajstić information content (AvgIpc) is 3.68. The third-order valence-corrected chi connectivity index (χ3v) is 6.99. The Morgan fingerprint density at radius 3 is 2.83 bits per heavy atom. The van der Waals surface area contributed by atoms with E-state index in [-0.39, 0.29) is 24.1 Å². The van der Waals surface area contributed by atoms with Gasteiger partial charge in [0.1, 0.15) is 23.3 Å². The van der Waals surface area contributed by atoms with Crippen molar-refractivity contribution >= 4 is 29.3 Å². The van der Waals surface area contributed by atoms with Crippen LogP contribution < -0.4 is 15.4 Å². The number of nitrogens with one attached hydrogen (secondary N) is 2. The predicted molar refractivity (Wildman–Crippen MR) is 133 cm³/mol. The number of pyridine rings is 1. The minimum atomic E-state index is -1.11. The van der Waals surface area contributed by atoms with Gasteiger partial charge in [-0.25, -0.2) is 19.7 Å². The first-order valence-electron chi connectivity index (χ1n) is 12.3. The summed E-state index contributed by atoms with van der Waals surface area (Å²) >= 11 is 6.24. The quantitative estimate of drug-likeness (QED) is 0.270. The standard InChI is InChI=1S/C25H32ClN5O5/c1-35-22-19(20(26)28-15-29-22)25(10-11-25)24(34)31-18(23(32)33)9-14-36-13-3-2-6-17-8-7-16-5-4-12-27-21(16)30-17/h7-8,15,18H,2-6,9-14H2,1H3,(H,27,30)(H,31,34)(H,32,33)/t18-/m0/s1. The normalized spacial score (nSPS) is 16.4. The number of anilines is 1. The Hall–Kier alpha value is -2.98.